The lowest BCUT2D eigenvalue weighted by Crippen LogP contribution is -2.45. The number of carbonyl (C=O) groups is 2. The predicted octanol–water partition coefficient (Wildman–Crippen LogP) is 2.80. The van der Waals surface area contributed by atoms with Crippen molar-refractivity contribution in [3.05, 3.63) is 30.1 Å². The topological polar surface area (TPSA) is 62.3 Å². The maximum atomic E-state index is 12.6. The van der Waals surface area contributed by atoms with Gasteiger partial charge in [0.25, 0.3) is 0 Å². The van der Waals surface area contributed by atoms with Crippen LogP contribution in [0.15, 0.2) is 24.5 Å². The standard InChI is InChI=1S/C20H31N3O2/c1-20(2,3)22-18(24)16-5-7-17(8-6-16)19(25)23(4)14-11-15-9-12-21-13-10-15/h9-10,12-13,16-17H,5-8,11,14H2,1-4H3,(H,22,24). The summed E-state index contributed by atoms with van der Waals surface area (Å²) < 4.78 is 0. The number of nitrogens with one attached hydrogen (secondary N) is 1. The van der Waals surface area contributed by atoms with E-state index in [1.807, 2.05) is 44.9 Å². The van der Waals surface area contributed by atoms with Gasteiger partial charge in [0.15, 0.2) is 0 Å². The minimum atomic E-state index is -0.197. The summed E-state index contributed by atoms with van der Waals surface area (Å²) in [5, 5.41) is 3.05. The summed E-state index contributed by atoms with van der Waals surface area (Å²) in [5.41, 5.74) is 0.994. The Labute approximate surface area is 151 Å². The molecule has 0 saturated heterocycles. The summed E-state index contributed by atoms with van der Waals surface area (Å²) >= 11 is 0. The van der Waals surface area contributed by atoms with Crippen LogP contribution < -0.4 is 5.32 Å². The number of likely N-dealkylation sites (N-methyl/N-ethyl adjacent to an activating group) is 1. The van der Waals surface area contributed by atoms with E-state index >= 15 is 0 Å². The lowest BCUT2D eigenvalue weighted by molar-refractivity contribution is -0.137. The molecular weight excluding hydrogens is 314 g/mol. The Balaban J connectivity index is 1.77. The van der Waals surface area contributed by atoms with Crippen molar-refractivity contribution in [2.75, 3.05) is 13.6 Å². The van der Waals surface area contributed by atoms with Gasteiger partial charge in [-0.1, -0.05) is 0 Å². The Kier molecular flexibility index (Phi) is 6.57. The summed E-state index contributed by atoms with van der Waals surface area (Å²) in [6.45, 7) is 6.71. The second-order valence-corrected chi connectivity index (χ2v) is 8.15. The highest BCUT2D eigenvalue weighted by Crippen LogP contribution is 2.30. The monoisotopic (exact) mass is 345 g/mol. The largest absolute Gasteiger partial charge is 0.351 e. The van der Waals surface area contributed by atoms with Crippen molar-refractivity contribution in [1.82, 2.24) is 15.2 Å². The molecule has 5 nitrogen and oxygen atoms in total. The SMILES string of the molecule is CN(CCc1ccncc1)C(=O)C1CCC(C(=O)NC(C)(C)C)CC1. The molecule has 25 heavy (non-hydrogen) atoms. The van der Waals surface area contributed by atoms with Crippen LogP contribution in [0.3, 0.4) is 0 Å². The van der Waals surface area contributed by atoms with Crippen LogP contribution in [0.1, 0.15) is 52.0 Å². The molecule has 0 atom stereocenters. The maximum absolute atomic E-state index is 12.6. The average Bonchev–Trinajstić information content (AvgIpc) is 2.58. The van der Waals surface area contributed by atoms with Crippen LogP contribution >= 0.6 is 0 Å². The van der Waals surface area contributed by atoms with Crippen molar-refractivity contribution in [2.24, 2.45) is 11.8 Å². The molecule has 1 heterocycles. The fraction of sp³-hybridized carbons (Fsp3) is 0.650. The number of hydrogen-bond acceptors (Lipinski definition) is 3. The third-order valence-corrected chi connectivity index (χ3v) is 4.81. The minimum absolute atomic E-state index is 0.0467. The van der Waals surface area contributed by atoms with E-state index in [0.717, 1.165) is 32.1 Å². The van der Waals surface area contributed by atoms with Gasteiger partial charge in [0.05, 0.1) is 0 Å². The number of carbonyl (C=O) groups excluding carboxylic acids is 2. The van der Waals surface area contributed by atoms with Gasteiger partial charge < -0.3 is 10.2 Å². The Bertz CT molecular complexity index is 572. The van der Waals surface area contributed by atoms with Gasteiger partial charge in [-0.2, -0.15) is 0 Å². The first-order valence-corrected chi connectivity index (χ1v) is 9.22. The molecule has 1 fully saturated rings. The van der Waals surface area contributed by atoms with Crippen molar-refractivity contribution in [3.63, 3.8) is 0 Å². The molecule has 5 heteroatoms. The molecule has 1 aromatic rings. The summed E-state index contributed by atoms with van der Waals surface area (Å²) in [6, 6.07) is 3.97. The summed E-state index contributed by atoms with van der Waals surface area (Å²) in [7, 11) is 1.88. The van der Waals surface area contributed by atoms with Crippen molar-refractivity contribution in [2.45, 2.75) is 58.4 Å². The number of hydrogen-bond donors (Lipinski definition) is 1. The van der Waals surface area contributed by atoms with Crippen molar-refractivity contribution >= 4 is 11.8 Å². The number of pyridine rings is 1. The molecular formula is C20H31N3O2. The Hall–Kier alpha value is -1.91. The van der Waals surface area contributed by atoms with Gasteiger partial charge in [0, 0.05) is 43.4 Å². The van der Waals surface area contributed by atoms with E-state index in [1.54, 1.807) is 12.4 Å². The zero-order valence-electron chi connectivity index (χ0n) is 15.9. The Morgan fingerprint density at radius 3 is 2.24 bits per heavy atom. The fourth-order valence-electron chi connectivity index (χ4n) is 3.34. The van der Waals surface area contributed by atoms with Gasteiger partial charge in [-0.15, -0.1) is 0 Å². The van der Waals surface area contributed by atoms with Crippen LogP contribution in [-0.2, 0) is 16.0 Å². The van der Waals surface area contributed by atoms with E-state index in [2.05, 4.69) is 10.3 Å². The summed E-state index contributed by atoms with van der Waals surface area (Å²) in [4.78, 5) is 30.8. The lowest BCUT2D eigenvalue weighted by atomic mass is 9.80. The summed E-state index contributed by atoms with van der Waals surface area (Å²) in [5.74, 6) is 0.444. The molecule has 1 aromatic heterocycles. The van der Waals surface area contributed by atoms with Gasteiger partial charge in [-0.25, -0.2) is 0 Å². The van der Waals surface area contributed by atoms with Crippen LogP contribution in [0.2, 0.25) is 0 Å². The second-order valence-electron chi connectivity index (χ2n) is 8.15. The quantitative estimate of drug-likeness (QED) is 0.892. The average molecular weight is 345 g/mol. The van der Waals surface area contributed by atoms with Gasteiger partial charge >= 0.3 is 0 Å². The highest BCUT2D eigenvalue weighted by atomic mass is 16.2. The first-order valence-electron chi connectivity index (χ1n) is 9.22. The lowest BCUT2D eigenvalue weighted by Gasteiger charge is -2.31. The van der Waals surface area contributed by atoms with Crippen LogP contribution in [0.5, 0.6) is 0 Å². The third kappa shape index (κ3) is 6.15. The maximum Gasteiger partial charge on any atom is 0.225 e. The van der Waals surface area contributed by atoms with E-state index in [4.69, 9.17) is 0 Å². The Morgan fingerprint density at radius 2 is 1.68 bits per heavy atom. The Morgan fingerprint density at radius 1 is 1.12 bits per heavy atom. The van der Waals surface area contributed by atoms with E-state index in [0.29, 0.717) is 6.54 Å². The fourth-order valence-corrected chi connectivity index (χ4v) is 3.34. The molecule has 0 bridgehead atoms. The zero-order chi connectivity index (χ0) is 18.4. The number of nitrogens with zero attached hydrogens (tertiary/aromatic N) is 2. The molecule has 0 unspecified atom stereocenters. The van der Waals surface area contributed by atoms with Crippen LogP contribution in [0.25, 0.3) is 0 Å². The molecule has 0 radical (unpaired) electrons. The van der Waals surface area contributed by atoms with Gasteiger partial charge in [-0.3, -0.25) is 14.6 Å². The van der Waals surface area contributed by atoms with Gasteiger partial charge in [-0.05, 0) is 70.6 Å². The second kappa shape index (κ2) is 8.45. The van der Waals surface area contributed by atoms with Crippen molar-refractivity contribution in [3.8, 4) is 0 Å². The van der Waals surface area contributed by atoms with Crippen LogP contribution in [-0.4, -0.2) is 40.8 Å². The first-order chi connectivity index (χ1) is 11.8. The van der Waals surface area contributed by atoms with E-state index in [9.17, 15) is 9.59 Å². The van der Waals surface area contributed by atoms with Crippen molar-refractivity contribution < 1.29 is 9.59 Å². The van der Waals surface area contributed by atoms with E-state index in [1.165, 1.54) is 5.56 Å². The number of aromatic nitrogens is 1. The summed E-state index contributed by atoms with van der Waals surface area (Å²) in [6.07, 6.45) is 7.62. The molecule has 0 spiro atoms. The van der Waals surface area contributed by atoms with E-state index in [-0.39, 0.29) is 29.2 Å². The molecule has 0 aromatic carbocycles. The van der Waals surface area contributed by atoms with Crippen molar-refractivity contribution in [1.29, 1.82) is 0 Å². The molecule has 0 aliphatic heterocycles. The molecule has 1 aliphatic rings. The highest BCUT2D eigenvalue weighted by molar-refractivity contribution is 5.81. The third-order valence-electron chi connectivity index (χ3n) is 4.81. The molecule has 1 N–H and O–H groups in total. The number of amides is 2. The minimum Gasteiger partial charge on any atom is -0.351 e. The highest BCUT2D eigenvalue weighted by Gasteiger charge is 2.32. The smallest absolute Gasteiger partial charge is 0.225 e. The molecule has 138 valence electrons. The normalized spacial score (nSPS) is 20.8. The first kappa shape index (κ1) is 19.4. The van der Waals surface area contributed by atoms with Crippen LogP contribution in [0.4, 0.5) is 0 Å². The van der Waals surface area contributed by atoms with Crippen LogP contribution in [0, 0.1) is 11.8 Å². The zero-order valence-corrected chi connectivity index (χ0v) is 15.9. The number of rotatable bonds is 5. The molecule has 1 aliphatic carbocycles. The van der Waals surface area contributed by atoms with Gasteiger partial charge in [0.2, 0.25) is 11.8 Å². The van der Waals surface area contributed by atoms with Gasteiger partial charge in [0.1, 0.15) is 0 Å². The van der Waals surface area contributed by atoms with E-state index < -0.39 is 0 Å². The predicted molar refractivity (Wildman–Crippen MR) is 98.9 cm³/mol. The molecule has 2 rings (SSSR count). The molecule has 2 amide bonds. The molecule has 1 saturated carbocycles.